The Balaban J connectivity index is 2.02. The molecule has 1 aliphatic rings. The summed E-state index contributed by atoms with van der Waals surface area (Å²) in [4.78, 5) is 2.48. The highest BCUT2D eigenvalue weighted by Gasteiger charge is 2.21. The van der Waals surface area contributed by atoms with Gasteiger partial charge < -0.3 is 9.64 Å². The number of rotatable bonds is 4. The smallest absolute Gasteiger partial charge is 0.120 e. The lowest BCUT2D eigenvalue weighted by Crippen LogP contribution is -2.19. The highest BCUT2D eigenvalue weighted by Crippen LogP contribution is 2.28. The predicted molar refractivity (Wildman–Crippen MR) is 68.2 cm³/mol. The SMILES string of the molecule is CCCC1CCN(c2cccc(OC)c2)C1. The lowest BCUT2D eigenvalue weighted by Gasteiger charge is -2.19. The highest BCUT2D eigenvalue weighted by molar-refractivity contribution is 5.51. The molecule has 0 amide bonds. The van der Waals surface area contributed by atoms with Gasteiger partial charge in [-0.05, 0) is 30.9 Å². The summed E-state index contributed by atoms with van der Waals surface area (Å²) >= 11 is 0. The molecule has 0 bridgehead atoms. The van der Waals surface area contributed by atoms with Crippen molar-refractivity contribution in [2.45, 2.75) is 26.2 Å². The van der Waals surface area contributed by atoms with E-state index < -0.39 is 0 Å². The lowest BCUT2D eigenvalue weighted by atomic mass is 10.0. The third-order valence-electron chi connectivity index (χ3n) is 3.40. The maximum absolute atomic E-state index is 5.26. The van der Waals surface area contributed by atoms with Crippen molar-refractivity contribution in [3.8, 4) is 5.75 Å². The molecule has 1 aromatic rings. The Kier molecular flexibility index (Phi) is 3.70. The van der Waals surface area contributed by atoms with Crippen LogP contribution in [0, 0.1) is 5.92 Å². The van der Waals surface area contributed by atoms with Gasteiger partial charge in [-0.2, -0.15) is 0 Å². The predicted octanol–water partition coefficient (Wildman–Crippen LogP) is 3.32. The second kappa shape index (κ2) is 5.24. The van der Waals surface area contributed by atoms with Crippen molar-refractivity contribution >= 4 is 5.69 Å². The third kappa shape index (κ3) is 2.49. The Bertz CT molecular complexity index is 337. The minimum Gasteiger partial charge on any atom is -0.497 e. The molecule has 2 heteroatoms. The first kappa shape index (κ1) is 11.3. The van der Waals surface area contributed by atoms with Gasteiger partial charge in [0.25, 0.3) is 0 Å². The monoisotopic (exact) mass is 219 g/mol. The summed E-state index contributed by atoms with van der Waals surface area (Å²) in [7, 11) is 1.73. The van der Waals surface area contributed by atoms with E-state index in [1.165, 1.54) is 38.0 Å². The average Bonchev–Trinajstić information content (AvgIpc) is 2.78. The van der Waals surface area contributed by atoms with Crippen LogP contribution in [0.25, 0.3) is 0 Å². The molecule has 1 aromatic carbocycles. The van der Waals surface area contributed by atoms with E-state index >= 15 is 0 Å². The lowest BCUT2D eigenvalue weighted by molar-refractivity contribution is 0.415. The second-order valence-electron chi connectivity index (χ2n) is 4.59. The summed E-state index contributed by atoms with van der Waals surface area (Å²) in [5, 5.41) is 0. The van der Waals surface area contributed by atoms with E-state index in [1.54, 1.807) is 7.11 Å². The molecule has 0 radical (unpaired) electrons. The average molecular weight is 219 g/mol. The van der Waals surface area contributed by atoms with E-state index in [1.807, 2.05) is 6.07 Å². The zero-order valence-electron chi connectivity index (χ0n) is 10.3. The Labute approximate surface area is 98.2 Å². The first-order valence-electron chi connectivity index (χ1n) is 6.22. The number of methoxy groups -OCH3 is 1. The second-order valence-corrected chi connectivity index (χ2v) is 4.59. The zero-order valence-corrected chi connectivity index (χ0v) is 10.3. The summed E-state index contributed by atoms with van der Waals surface area (Å²) in [6, 6.07) is 8.38. The largest absolute Gasteiger partial charge is 0.497 e. The summed E-state index contributed by atoms with van der Waals surface area (Å²) in [5.41, 5.74) is 1.30. The van der Waals surface area contributed by atoms with Crippen LogP contribution in [0.2, 0.25) is 0 Å². The Morgan fingerprint density at radius 2 is 2.31 bits per heavy atom. The van der Waals surface area contributed by atoms with Crippen molar-refractivity contribution in [1.29, 1.82) is 0 Å². The molecule has 0 aromatic heterocycles. The molecule has 0 spiro atoms. The van der Waals surface area contributed by atoms with Gasteiger partial charge in [0.05, 0.1) is 7.11 Å². The van der Waals surface area contributed by atoms with E-state index in [4.69, 9.17) is 4.74 Å². The molecule has 1 atom stereocenters. The molecule has 1 fully saturated rings. The van der Waals surface area contributed by atoms with Crippen LogP contribution in [0.1, 0.15) is 26.2 Å². The van der Waals surface area contributed by atoms with Gasteiger partial charge in [0.2, 0.25) is 0 Å². The molecule has 2 rings (SSSR count). The van der Waals surface area contributed by atoms with Crippen LogP contribution in [-0.2, 0) is 0 Å². The topological polar surface area (TPSA) is 12.5 Å². The Hall–Kier alpha value is -1.18. The van der Waals surface area contributed by atoms with Gasteiger partial charge in [-0.3, -0.25) is 0 Å². The van der Waals surface area contributed by atoms with E-state index in [9.17, 15) is 0 Å². The van der Waals surface area contributed by atoms with Crippen molar-refractivity contribution in [1.82, 2.24) is 0 Å². The van der Waals surface area contributed by atoms with E-state index in [0.29, 0.717) is 0 Å². The molecule has 16 heavy (non-hydrogen) atoms. The van der Waals surface area contributed by atoms with Gasteiger partial charge >= 0.3 is 0 Å². The number of anilines is 1. The fourth-order valence-electron chi connectivity index (χ4n) is 2.52. The molecule has 1 heterocycles. The van der Waals surface area contributed by atoms with Gasteiger partial charge in [0.1, 0.15) is 5.75 Å². The molecule has 1 unspecified atom stereocenters. The molecule has 1 aliphatic heterocycles. The molecule has 2 nitrogen and oxygen atoms in total. The van der Waals surface area contributed by atoms with Crippen LogP contribution in [0.15, 0.2) is 24.3 Å². The fraction of sp³-hybridized carbons (Fsp3) is 0.571. The Morgan fingerprint density at radius 3 is 3.06 bits per heavy atom. The van der Waals surface area contributed by atoms with Crippen LogP contribution >= 0.6 is 0 Å². The maximum atomic E-state index is 5.26. The molecule has 88 valence electrons. The fourth-order valence-corrected chi connectivity index (χ4v) is 2.52. The van der Waals surface area contributed by atoms with Gasteiger partial charge in [-0.1, -0.05) is 19.4 Å². The minimum atomic E-state index is 0.885. The Morgan fingerprint density at radius 1 is 1.44 bits per heavy atom. The van der Waals surface area contributed by atoms with Crippen LogP contribution in [0.4, 0.5) is 5.69 Å². The number of hydrogen-bond acceptors (Lipinski definition) is 2. The van der Waals surface area contributed by atoms with Gasteiger partial charge in [-0.15, -0.1) is 0 Å². The quantitative estimate of drug-likeness (QED) is 0.770. The number of nitrogens with zero attached hydrogens (tertiary/aromatic N) is 1. The molecule has 1 saturated heterocycles. The van der Waals surface area contributed by atoms with Crippen molar-refractivity contribution in [2.24, 2.45) is 5.92 Å². The zero-order chi connectivity index (χ0) is 11.4. The van der Waals surface area contributed by atoms with Crippen LogP contribution < -0.4 is 9.64 Å². The summed E-state index contributed by atoms with van der Waals surface area (Å²) in [5.74, 6) is 1.84. The normalized spacial score (nSPS) is 20.1. The van der Waals surface area contributed by atoms with Gasteiger partial charge in [-0.25, -0.2) is 0 Å². The van der Waals surface area contributed by atoms with E-state index in [0.717, 1.165) is 11.7 Å². The van der Waals surface area contributed by atoms with Crippen LogP contribution in [0.3, 0.4) is 0 Å². The van der Waals surface area contributed by atoms with Gasteiger partial charge in [0, 0.05) is 24.8 Å². The number of benzene rings is 1. The van der Waals surface area contributed by atoms with Crippen molar-refractivity contribution in [2.75, 3.05) is 25.1 Å². The van der Waals surface area contributed by atoms with Gasteiger partial charge in [0.15, 0.2) is 0 Å². The van der Waals surface area contributed by atoms with Crippen molar-refractivity contribution in [3.63, 3.8) is 0 Å². The van der Waals surface area contributed by atoms with Crippen LogP contribution in [-0.4, -0.2) is 20.2 Å². The van der Waals surface area contributed by atoms with E-state index in [2.05, 4.69) is 30.0 Å². The minimum absolute atomic E-state index is 0.885. The van der Waals surface area contributed by atoms with E-state index in [-0.39, 0.29) is 0 Å². The number of hydrogen-bond donors (Lipinski definition) is 0. The molecular formula is C14H21NO. The number of ether oxygens (including phenoxy) is 1. The summed E-state index contributed by atoms with van der Waals surface area (Å²) in [6.07, 6.45) is 4.00. The molecule has 0 saturated carbocycles. The first-order valence-corrected chi connectivity index (χ1v) is 6.22. The first-order chi connectivity index (χ1) is 7.83. The standard InChI is InChI=1S/C14H21NO/c1-3-5-12-8-9-15(11-12)13-6-4-7-14(10-13)16-2/h4,6-7,10,12H,3,5,8-9,11H2,1-2H3. The molecule has 0 aliphatic carbocycles. The maximum Gasteiger partial charge on any atom is 0.120 e. The molecular weight excluding hydrogens is 198 g/mol. The summed E-state index contributed by atoms with van der Waals surface area (Å²) in [6.45, 7) is 4.67. The summed E-state index contributed by atoms with van der Waals surface area (Å²) < 4.78 is 5.26. The van der Waals surface area contributed by atoms with Crippen molar-refractivity contribution < 1.29 is 4.74 Å². The third-order valence-corrected chi connectivity index (χ3v) is 3.40. The highest BCUT2D eigenvalue weighted by atomic mass is 16.5. The van der Waals surface area contributed by atoms with Crippen LogP contribution in [0.5, 0.6) is 5.75 Å². The van der Waals surface area contributed by atoms with Crippen molar-refractivity contribution in [3.05, 3.63) is 24.3 Å². The molecule has 0 N–H and O–H groups in total.